The molecule has 0 aliphatic rings. The van der Waals surface area contributed by atoms with Crippen LogP contribution in [0, 0.1) is 12.7 Å². The molecule has 0 saturated heterocycles. The van der Waals surface area contributed by atoms with Crippen molar-refractivity contribution in [1.29, 1.82) is 0 Å². The second kappa shape index (κ2) is 8.87. The molecule has 1 N–H and O–H groups in total. The number of aromatic nitrogens is 2. The van der Waals surface area contributed by atoms with E-state index in [1.807, 2.05) is 36.6 Å². The van der Waals surface area contributed by atoms with Gasteiger partial charge in [0.2, 0.25) is 0 Å². The first-order valence-corrected chi connectivity index (χ1v) is 10.4. The first-order valence-electron chi connectivity index (χ1n) is 9.56. The number of rotatable bonds is 7. The highest BCUT2D eigenvalue weighted by Crippen LogP contribution is 2.30. The van der Waals surface area contributed by atoms with Gasteiger partial charge in [-0.1, -0.05) is 48.0 Å². The van der Waals surface area contributed by atoms with E-state index in [2.05, 4.69) is 4.98 Å². The minimum absolute atomic E-state index is 0.0206. The van der Waals surface area contributed by atoms with Gasteiger partial charge < -0.3 is 9.84 Å². The van der Waals surface area contributed by atoms with Crippen LogP contribution in [0.1, 0.15) is 11.1 Å². The minimum Gasteiger partial charge on any atom is -0.389 e. The molecule has 1 unspecified atom stereocenters. The summed E-state index contributed by atoms with van der Waals surface area (Å²) in [6.45, 7) is 2.09. The Balaban J connectivity index is 1.49. The monoisotopic (exact) mass is 424 g/mol. The topological polar surface area (TPSA) is 64.3 Å². The van der Waals surface area contributed by atoms with Crippen molar-refractivity contribution < 1.29 is 14.2 Å². The van der Waals surface area contributed by atoms with Crippen LogP contribution in [-0.4, -0.2) is 27.4 Å². The van der Waals surface area contributed by atoms with Crippen molar-refractivity contribution in [2.24, 2.45) is 0 Å². The number of ether oxygens (including phenoxy) is 1. The molecule has 0 spiro atoms. The number of fused-ring (bicyclic) bond motifs is 1. The number of aliphatic hydroxyl groups excluding tert-OH is 1. The van der Waals surface area contributed by atoms with E-state index in [1.54, 1.807) is 18.2 Å². The van der Waals surface area contributed by atoms with Gasteiger partial charge in [-0.25, -0.2) is 9.37 Å². The lowest BCUT2D eigenvalue weighted by atomic mass is 10.1. The summed E-state index contributed by atoms with van der Waals surface area (Å²) in [5, 5.41) is 12.8. The molecule has 30 heavy (non-hydrogen) atoms. The standard InChI is InChI=1S/C23H21FN2O3S/c1-15-6-8-16(9-7-15)19-13-30-22-21(19)23(28)26(14-25-22)10-18(27)12-29-11-17-4-2-3-5-20(17)24/h2-9,13-14,18,27H,10-12H2,1H3. The van der Waals surface area contributed by atoms with Gasteiger partial charge in [-0.2, -0.15) is 0 Å². The summed E-state index contributed by atoms with van der Waals surface area (Å²) in [6, 6.07) is 14.3. The molecule has 1 atom stereocenters. The van der Waals surface area contributed by atoms with E-state index in [9.17, 15) is 14.3 Å². The van der Waals surface area contributed by atoms with E-state index in [-0.39, 0.29) is 31.1 Å². The van der Waals surface area contributed by atoms with Gasteiger partial charge in [-0.15, -0.1) is 11.3 Å². The Labute approximate surface area is 177 Å². The highest BCUT2D eigenvalue weighted by molar-refractivity contribution is 7.17. The normalized spacial score (nSPS) is 12.4. The number of thiophene rings is 1. The smallest absolute Gasteiger partial charge is 0.262 e. The highest BCUT2D eigenvalue weighted by atomic mass is 32.1. The fourth-order valence-electron chi connectivity index (χ4n) is 3.24. The Morgan fingerprint density at radius 2 is 1.97 bits per heavy atom. The van der Waals surface area contributed by atoms with E-state index in [1.165, 1.54) is 28.3 Å². The molecule has 2 aromatic heterocycles. The van der Waals surface area contributed by atoms with Gasteiger partial charge in [0.1, 0.15) is 10.6 Å². The van der Waals surface area contributed by atoms with Gasteiger partial charge in [-0.3, -0.25) is 9.36 Å². The molecule has 2 heterocycles. The second-order valence-electron chi connectivity index (χ2n) is 7.16. The van der Waals surface area contributed by atoms with Gasteiger partial charge in [0.15, 0.2) is 0 Å². The molecule has 154 valence electrons. The summed E-state index contributed by atoms with van der Waals surface area (Å²) in [5.74, 6) is -0.348. The van der Waals surface area contributed by atoms with Crippen LogP contribution in [0.15, 0.2) is 65.0 Å². The number of aryl methyl sites for hydroxylation is 1. The lowest BCUT2D eigenvalue weighted by molar-refractivity contribution is 0.0189. The van der Waals surface area contributed by atoms with E-state index in [0.717, 1.165) is 16.7 Å². The van der Waals surface area contributed by atoms with Crippen LogP contribution in [-0.2, 0) is 17.9 Å². The van der Waals surface area contributed by atoms with Gasteiger partial charge in [0, 0.05) is 16.5 Å². The molecule has 7 heteroatoms. The summed E-state index contributed by atoms with van der Waals surface area (Å²) in [4.78, 5) is 18.1. The van der Waals surface area contributed by atoms with Crippen LogP contribution >= 0.6 is 11.3 Å². The molecule has 0 fully saturated rings. The third-order valence-electron chi connectivity index (χ3n) is 4.86. The Morgan fingerprint density at radius 3 is 2.73 bits per heavy atom. The van der Waals surface area contributed by atoms with Crippen LogP contribution in [0.4, 0.5) is 4.39 Å². The molecule has 4 aromatic rings. The maximum atomic E-state index is 13.6. The lowest BCUT2D eigenvalue weighted by Gasteiger charge is -2.13. The molecule has 0 bridgehead atoms. The largest absolute Gasteiger partial charge is 0.389 e. The summed E-state index contributed by atoms with van der Waals surface area (Å²) in [6.07, 6.45) is 0.523. The quantitative estimate of drug-likeness (QED) is 0.484. The number of benzene rings is 2. The molecule has 0 radical (unpaired) electrons. The summed E-state index contributed by atoms with van der Waals surface area (Å²) in [7, 11) is 0. The van der Waals surface area contributed by atoms with Gasteiger partial charge in [0.25, 0.3) is 5.56 Å². The van der Waals surface area contributed by atoms with Crippen LogP contribution in [0.3, 0.4) is 0 Å². The van der Waals surface area contributed by atoms with E-state index in [0.29, 0.717) is 15.8 Å². The molecular formula is C23H21FN2O3S. The van der Waals surface area contributed by atoms with Crippen LogP contribution in [0.25, 0.3) is 21.3 Å². The number of halogens is 1. The van der Waals surface area contributed by atoms with Gasteiger partial charge in [0.05, 0.1) is 37.6 Å². The minimum atomic E-state index is -0.921. The Hall–Kier alpha value is -2.87. The zero-order chi connectivity index (χ0) is 21.1. The molecule has 0 amide bonds. The van der Waals surface area contributed by atoms with Crippen molar-refractivity contribution in [3.8, 4) is 11.1 Å². The first kappa shape index (κ1) is 20.4. The zero-order valence-electron chi connectivity index (χ0n) is 16.4. The Morgan fingerprint density at radius 1 is 1.20 bits per heavy atom. The van der Waals surface area contributed by atoms with Crippen molar-refractivity contribution in [3.63, 3.8) is 0 Å². The molecule has 0 saturated carbocycles. The predicted octanol–water partition coefficient (Wildman–Crippen LogP) is 4.15. The summed E-state index contributed by atoms with van der Waals surface area (Å²) < 4.78 is 20.5. The zero-order valence-corrected chi connectivity index (χ0v) is 17.2. The Bertz CT molecular complexity index is 1220. The maximum absolute atomic E-state index is 13.6. The van der Waals surface area contributed by atoms with Crippen molar-refractivity contribution in [3.05, 3.63) is 87.5 Å². The molecule has 5 nitrogen and oxygen atoms in total. The number of nitrogens with zero attached hydrogens (tertiary/aromatic N) is 2. The summed E-state index contributed by atoms with van der Waals surface area (Å²) >= 11 is 1.42. The first-order chi connectivity index (χ1) is 14.5. The molecular weight excluding hydrogens is 403 g/mol. The maximum Gasteiger partial charge on any atom is 0.262 e. The fraction of sp³-hybridized carbons (Fsp3) is 0.217. The van der Waals surface area contributed by atoms with Gasteiger partial charge in [-0.05, 0) is 18.6 Å². The van der Waals surface area contributed by atoms with E-state index >= 15 is 0 Å². The number of hydrogen-bond donors (Lipinski definition) is 1. The van der Waals surface area contributed by atoms with Gasteiger partial charge >= 0.3 is 0 Å². The molecule has 2 aromatic carbocycles. The average Bonchev–Trinajstić information content (AvgIpc) is 3.17. The molecule has 0 aliphatic heterocycles. The number of aliphatic hydroxyl groups is 1. The summed E-state index contributed by atoms with van der Waals surface area (Å²) in [5.41, 5.74) is 3.16. The van der Waals surface area contributed by atoms with E-state index in [4.69, 9.17) is 4.74 Å². The average molecular weight is 424 g/mol. The van der Waals surface area contributed by atoms with Crippen molar-refractivity contribution in [2.45, 2.75) is 26.2 Å². The predicted molar refractivity (Wildman–Crippen MR) is 116 cm³/mol. The van der Waals surface area contributed by atoms with E-state index < -0.39 is 6.10 Å². The molecule has 0 aliphatic carbocycles. The van der Waals surface area contributed by atoms with Crippen molar-refractivity contribution in [2.75, 3.05) is 6.61 Å². The lowest BCUT2D eigenvalue weighted by Crippen LogP contribution is -2.29. The third kappa shape index (κ3) is 4.33. The second-order valence-corrected chi connectivity index (χ2v) is 8.02. The molecule has 4 rings (SSSR count). The Kier molecular flexibility index (Phi) is 6.03. The SMILES string of the molecule is Cc1ccc(-c2csc3ncn(CC(O)COCc4ccccc4F)c(=O)c23)cc1. The highest BCUT2D eigenvalue weighted by Gasteiger charge is 2.15. The fourth-order valence-corrected chi connectivity index (χ4v) is 4.15. The van der Waals surface area contributed by atoms with Crippen LogP contribution in [0.5, 0.6) is 0 Å². The van der Waals surface area contributed by atoms with Crippen LogP contribution in [0.2, 0.25) is 0 Å². The third-order valence-corrected chi connectivity index (χ3v) is 5.74. The van der Waals surface area contributed by atoms with Crippen LogP contribution < -0.4 is 5.56 Å². The van der Waals surface area contributed by atoms with Crippen molar-refractivity contribution in [1.82, 2.24) is 9.55 Å². The van der Waals surface area contributed by atoms with Crippen molar-refractivity contribution >= 4 is 21.6 Å². The number of hydrogen-bond acceptors (Lipinski definition) is 5.